The molecule has 5 heterocycles. The predicted molar refractivity (Wildman–Crippen MR) is 308 cm³/mol. The van der Waals surface area contributed by atoms with E-state index in [2.05, 4.69) is 137 Å². The normalized spacial score (nSPS) is 12.3. The molecule has 362 valence electrons. The van der Waals surface area contributed by atoms with Gasteiger partial charge in [-0.3, -0.25) is 0 Å². The van der Waals surface area contributed by atoms with E-state index in [9.17, 15) is 19.2 Å². The van der Waals surface area contributed by atoms with Gasteiger partial charge in [0.2, 0.25) is 0 Å². The number of carbonyl (C=O) groups is 4. The number of methoxy groups -OCH3 is 4. The fraction of sp³-hybridized carbons (Fsp3) is 0.0769. The Hall–Kier alpha value is -4.80. The van der Waals surface area contributed by atoms with E-state index in [-0.39, 0.29) is 0 Å². The van der Waals surface area contributed by atoms with E-state index in [0.29, 0.717) is 147 Å². The van der Waals surface area contributed by atoms with E-state index in [0.717, 1.165) is 0 Å². The number of H-pyrrole nitrogens is 2. The maximum atomic E-state index is 12.7. The van der Waals surface area contributed by atoms with Crippen LogP contribution in [-0.2, 0) is 18.9 Å². The summed E-state index contributed by atoms with van der Waals surface area (Å²) in [5, 5.41) is 0. The summed E-state index contributed by atoms with van der Waals surface area (Å²) < 4.78 is 25.0. The molecule has 8 bridgehead atoms. The molecule has 20 heteroatoms. The van der Waals surface area contributed by atoms with Crippen LogP contribution < -0.4 is 0 Å². The van der Waals surface area contributed by atoms with Crippen molar-refractivity contribution in [3.8, 4) is 44.5 Å². The first kappa shape index (κ1) is 52.1. The summed E-state index contributed by atoms with van der Waals surface area (Å²) in [4.78, 5) is 69.4. The van der Waals surface area contributed by atoms with Crippen LogP contribution in [0.15, 0.2) is 115 Å². The summed E-state index contributed by atoms with van der Waals surface area (Å²) in [5.74, 6) is -1.99. The molecule has 0 spiro atoms. The molecule has 2 aliphatic rings. The Kier molecular flexibility index (Phi) is 15.3. The number of nitrogens with one attached hydrogen (secondary N) is 2. The molecule has 2 N–H and O–H groups in total. The summed E-state index contributed by atoms with van der Waals surface area (Å²) in [6, 6.07) is 28.0. The topological polar surface area (TPSA) is 163 Å². The van der Waals surface area contributed by atoms with E-state index in [1.807, 2.05) is 48.5 Å². The second kappa shape index (κ2) is 21.2. The standard InChI is InChI=1S/C52H30Br8N4O8/c1-69-49(65)25-13-5-21(6-14-25)29-41-33(53)35(55)43(61-41)30(22-7-15-26(16-8-22)50(66)70-2)45-37(57)39(59)47(63-45)32(24-11-19-28(20-12-24)52(68)72-4)48-40(60)38(58)46(64-48)31(44-36(56)34(54)42(29)62-44)23-9-17-27(18-10-23)51(67)71-3/h5-20,61,64H,1-4H3. The molecular formula is C52H30Br8N4O8. The largest absolute Gasteiger partial charge is 0.465 e. The molecule has 7 aromatic rings. The molecule has 0 radical (unpaired) electrons. The highest BCUT2D eigenvalue weighted by molar-refractivity contribution is 9.18. The molecule has 0 aliphatic carbocycles. The van der Waals surface area contributed by atoms with Crippen molar-refractivity contribution < 1.29 is 38.1 Å². The van der Waals surface area contributed by atoms with E-state index in [1.54, 1.807) is 48.5 Å². The molecule has 9 rings (SSSR count). The molecule has 72 heavy (non-hydrogen) atoms. The van der Waals surface area contributed by atoms with Crippen molar-refractivity contribution in [1.29, 1.82) is 0 Å². The number of carbonyl (C=O) groups excluding carboxylic acids is 4. The van der Waals surface area contributed by atoms with Crippen LogP contribution in [-0.4, -0.2) is 72.3 Å². The molecule has 4 aromatic carbocycles. The second-order valence-corrected chi connectivity index (χ2v) is 22.0. The fourth-order valence-electron chi connectivity index (χ4n) is 8.26. The number of fused-ring (bicyclic) bond motifs is 8. The second-order valence-electron chi connectivity index (χ2n) is 15.7. The van der Waals surface area contributed by atoms with Gasteiger partial charge in [-0.25, -0.2) is 29.1 Å². The van der Waals surface area contributed by atoms with Crippen molar-refractivity contribution in [2.45, 2.75) is 0 Å². The van der Waals surface area contributed by atoms with Crippen LogP contribution in [0.2, 0.25) is 0 Å². The summed E-state index contributed by atoms with van der Waals surface area (Å²) >= 11 is 31.6. The number of aromatic amines is 2. The van der Waals surface area contributed by atoms with Gasteiger partial charge in [0.1, 0.15) is 0 Å². The van der Waals surface area contributed by atoms with Gasteiger partial charge in [-0.05, 0) is 198 Å². The highest BCUT2D eigenvalue weighted by atomic mass is 79.9. The summed E-state index contributed by atoms with van der Waals surface area (Å²) in [5.41, 5.74) is 10.9. The predicted octanol–water partition coefficient (Wildman–Crippen LogP) is 16.4. The van der Waals surface area contributed by atoms with Crippen LogP contribution in [0, 0.1) is 0 Å². The molecule has 0 fully saturated rings. The molecule has 0 amide bonds. The first-order valence-electron chi connectivity index (χ1n) is 21.0. The molecule has 0 atom stereocenters. The number of nitrogens with zero attached hydrogens (tertiary/aromatic N) is 2. The van der Waals surface area contributed by atoms with Crippen molar-refractivity contribution in [2.24, 2.45) is 0 Å². The third-order valence-corrected chi connectivity index (χ3v) is 20.1. The lowest BCUT2D eigenvalue weighted by molar-refractivity contribution is 0.0592. The van der Waals surface area contributed by atoms with Gasteiger partial charge in [0.25, 0.3) is 0 Å². The van der Waals surface area contributed by atoms with Crippen molar-refractivity contribution in [2.75, 3.05) is 28.4 Å². The minimum absolute atomic E-state index is 0.345. The Balaban J connectivity index is 1.56. The summed E-state index contributed by atoms with van der Waals surface area (Å²) in [6.07, 6.45) is 0. The van der Waals surface area contributed by atoms with Crippen LogP contribution in [0.5, 0.6) is 0 Å². The highest BCUT2D eigenvalue weighted by Gasteiger charge is 2.31. The van der Waals surface area contributed by atoms with Gasteiger partial charge < -0.3 is 28.9 Å². The molecule has 2 aliphatic heterocycles. The van der Waals surface area contributed by atoms with Gasteiger partial charge in [-0.1, -0.05) is 48.5 Å². The highest BCUT2D eigenvalue weighted by Crippen LogP contribution is 2.53. The zero-order chi connectivity index (χ0) is 51.4. The van der Waals surface area contributed by atoms with Gasteiger partial charge in [0.15, 0.2) is 0 Å². The third-order valence-electron chi connectivity index (χ3n) is 11.8. The SMILES string of the molecule is COC(=O)c1ccc(-c2c3nc(c(-c4ccc(C(=O)OC)cc4)c4[nH]c(c(Br)c4Br)c(-c4ccc(C(=O)OC)cc4)c4nc(c(-c5ccc(C(=O)OC)cc5)c5[nH]c2c(Br)c5Br)C(Br)=C4Br)C(Br)=C3Br)cc1. The lowest BCUT2D eigenvalue weighted by Gasteiger charge is -2.09. The Labute approximate surface area is 477 Å². The Bertz CT molecular complexity index is 3240. The zero-order valence-electron chi connectivity index (χ0n) is 37.4. The van der Waals surface area contributed by atoms with Gasteiger partial charge in [-0.15, -0.1) is 0 Å². The quantitative estimate of drug-likeness (QED) is 0.111. The van der Waals surface area contributed by atoms with Crippen molar-refractivity contribution in [1.82, 2.24) is 19.9 Å². The van der Waals surface area contributed by atoms with E-state index < -0.39 is 23.9 Å². The van der Waals surface area contributed by atoms with E-state index >= 15 is 0 Å². The number of hydrogen-bond donors (Lipinski definition) is 2. The van der Waals surface area contributed by atoms with E-state index in [4.69, 9.17) is 28.9 Å². The number of ether oxygens (including phenoxy) is 4. The minimum atomic E-state index is -0.498. The minimum Gasteiger partial charge on any atom is -0.465 e. The Morgan fingerprint density at radius 2 is 0.514 bits per heavy atom. The Morgan fingerprint density at radius 3 is 0.681 bits per heavy atom. The molecule has 3 aromatic heterocycles. The fourth-order valence-corrected chi connectivity index (χ4v) is 12.1. The van der Waals surface area contributed by atoms with Crippen molar-refractivity contribution >= 4 is 191 Å². The molecular weight excluding hydrogens is 1450 g/mol. The average molecular weight is 1480 g/mol. The number of aromatic nitrogens is 4. The smallest absolute Gasteiger partial charge is 0.337 e. The van der Waals surface area contributed by atoms with Crippen LogP contribution >= 0.6 is 127 Å². The lowest BCUT2D eigenvalue weighted by atomic mass is 10.0. The van der Waals surface area contributed by atoms with Gasteiger partial charge >= 0.3 is 23.9 Å². The van der Waals surface area contributed by atoms with Crippen LogP contribution in [0.4, 0.5) is 0 Å². The van der Waals surface area contributed by atoms with Crippen LogP contribution in [0.3, 0.4) is 0 Å². The Morgan fingerprint density at radius 1 is 0.333 bits per heavy atom. The van der Waals surface area contributed by atoms with Crippen LogP contribution in [0.25, 0.3) is 84.5 Å². The van der Waals surface area contributed by atoms with Gasteiger partial charge in [0, 0.05) is 22.3 Å². The number of hydrogen-bond acceptors (Lipinski definition) is 10. The van der Waals surface area contributed by atoms with Gasteiger partial charge in [-0.2, -0.15) is 0 Å². The maximum Gasteiger partial charge on any atom is 0.337 e. The lowest BCUT2D eigenvalue weighted by Crippen LogP contribution is -2.00. The number of benzene rings is 4. The first-order valence-corrected chi connectivity index (χ1v) is 27.3. The average Bonchev–Trinajstić information content (AvgIpc) is 4.07. The van der Waals surface area contributed by atoms with Crippen LogP contribution in [0.1, 0.15) is 64.2 Å². The van der Waals surface area contributed by atoms with Crippen molar-refractivity contribution in [3.63, 3.8) is 0 Å². The summed E-state index contributed by atoms with van der Waals surface area (Å²) in [7, 11) is 5.31. The monoisotopic (exact) mass is 1470 g/mol. The first-order chi connectivity index (χ1) is 34.5. The molecule has 0 unspecified atom stereocenters. The number of esters is 4. The molecule has 0 saturated carbocycles. The number of rotatable bonds is 8. The molecule has 0 saturated heterocycles. The maximum absolute atomic E-state index is 12.7. The third kappa shape index (κ3) is 9.17. The molecule has 12 nitrogen and oxygen atoms in total. The zero-order valence-corrected chi connectivity index (χ0v) is 50.1. The van der Waals surface area contributed by atoms with E-state index in [1.165, 1.54) is 28.4 Å². The summed E-state index contributed by atoms with van der Waals surface area (Å²) in [6.45, 7) is 0. The van der Waals surface area contributed by atoms with Gasteiger partial charge in [0.05, 0.1) is 131 Å². The number of halogens is 8. The van der Waals surface area contributed by atoms with Crippen molar-refractivity contribution in [3.05, 3.63) is 160 Å².